The van der Waals surface area contributed by atoms with Crippen molar-refractivity contribution < 1.29 is 13.2 Å². The van der Waals surface area contributed by atoms with Crippen LogP contribution in [0.3, 0.4) is 0 Å². The molecule has 7 heteroatoms. The van der Waals surface area contributed by atoms with Crippen LogP contribution in [0.25, 0.3) is 0 Å². The van der Waals surface area contributed by atoms with Gasteiger partial charge in [0, 0.05) is 37.1 Å². The van der Waals surface area contributed by atoms with E-state index in [1.807, 2.05) is 12.1 Å². The molecule has 3 rings (SSSR count). The summed E-state index contributed by atoms with van der Waals surface area (Å²) in [6, 6.07) is 6.87. The largest absolute Gasteiger partial charge is 0.416 e. The Hall–Kier alpha value is -1.63. The number of benzene rings is 1. The van der Waals surface area contributed by atoms with Crippen LogP contribution in [0, 0.1) is 0 Å². The molecule has 1 aliphatic heterocycles. The molecule has 0 amide bonds. The fourth-order valence-corrected chi connectivity index (χ4v) is 3.41. The topological polar surface area (TPSA) is 28.2 Å². The van der Waals surface area contributed by atoms with Crippen molar-refractivity contribution in [2.45, 2.75) is 18.6 Å². The van der Waals surface area contributed by atoms with Crippen LogP contribution in [-0.2, 0) is 6.18 Å². The molecular weight excluding hydrogens is 351 g/mol. The summed E-state index contributed by atoms with van der Waals surface area (Å²) in [4.78, 5) is 6.20. The average molecular weight is 370 g/mol. The van der Waals surface area contributed by atoms with Gasteiger partial charge in [-0.05, 0) is 54.4 Å². The van der Waals surface area contributed by atoms with Gasteiger partial charge in [-0.1, -0.05) is 11.6 Å². The Labute approximate surface area is 149 Å². The Morgan fingerprint density at radius 1 is 1.08 bits per heavy atom. The van der Waals surface area contributed by atoms with Crippen molar-refractivity contribution in [3.05, 3.63) is 64.4 Å². The van der Waals surface area contributed by atoms with Gasteiger partial charge in [-0.25, -0.2) is 0 Å². The Morgan fingerprint density at radius 2 is 1.84 bits per heavy atom. The Bertz CT molecular complexity index is 698. The van der Waals surface area contributed by atoms with Crippen LogP contribution in [0.15, 0.2) is 42.7 Å². The first-order valence-corrected chi connectivity index (χ1v) is 8.56. The van der Waals surface area contributed by atoms with Gasteiger partial charge >= 0.3 is 6.18 Å². The molecule has 25 heavy (non-hydrogen) atoms. The highest BCUT2D eigenvalue weighted by atomic mass is 35.5. The normalized spacial score (nSPS) is 17.9. The maximum absolute atomic E-state index is 13.2. The van der Waals surface area contributed by atoms with Crippen LogP contribution >= 0.6 is 11.6 Å². The first kappa shape index (κ1) is 18.2. The summed E-state index contributed by atoms with van der Waals surface area (Å²) in [6.07, 6.45) is -0.166. The van der Waals surface area contributed by atoms with Crippen LogP contribution in [-0.4, -0.2) is 36.1 Å². The molecule has 0 saturated carbocycles. The lowest BCUT2D eigenvalue weighted by Gasteiger charge is -2.32. The van der Waals surface area contributed by atoms with Crippen LogP contribution in [0.1, 0.15) is 29.2 Å². The van der Waals surface area contributed by atoms with Crippen LogP contribution in [0.5, 0.6) is 0 Å². The van der Waals surface area contributed by atoms with Gasteiger partial charge in [-0.3, -0.25) is 9.88 Å². The van der Waals surface area contributed by atoms with Gasteiger partial charge in [0.05, 0.1) is 11.6 Å². The predicted molar refractivity (Wildman–Crippen MR) is 91.6 cm³/mol. The van der Waals surface area contributed by atoms with Crippen molar-refractivity contribution in [2.75, 3.05) is 26.2 Å². The quantitative estimate of drug-likeness (QED) is 0.881. The molecule has 1 aromatic carbocycles. The van der Waals surface area contributed by atoms with E-state index in [0.717, 1.165) is 44.2 Å². The number of nitrogens with zero attached hydrogens (tertiary/aromatic N) is 2. The molecule has 0 radical (unpaired) electrons. The molecule has 1 aliphatic rings. The standard InChI is InChI=1S/C18H19ClF3N3/c19-16-3-2-14(18(20,21)22)12-15(16)17(13-4-7-24-8-5-13)25-10-1-6-23-9-11-25/h2-5,7-8,12,17,23H,1,6,9-11H2. The molecule has 2 heterocycles. The van der Waals surface area contributed by atoms with E-state index in [1.54, 1.807) is 12.4 Å². The lowest BCUT2D eigenvalue weighted by Crippen LogP contribution is -2.33. The van der Waals surface area contributed by atoms with E-state index < -0.39 is 11.7 Å². The third-order valence-corrected chi connectivity index (χ3v) is 4.72. The summed E-state index contributed by atoms with van der Waals surface area (Å²) >= 11 is 6.33. The molecule has 1 atom stereocenters. The van der Waals surface area contributed by atoms with Crippen LogP contribution in [0.4, 0.5) is 13.2 Å². The van der Waals surface area contributed by atoms with Crippen molar-refractivity contribution in [2.24, 2.45) is 0 Å². The van der Waals surface area contributed by atoms with Gasteiger partial charge in [0.25, 0.3) is 0 Å². The number of halogens is 4. The zero-order valence-corrected chi connectivity index (χ0v) is 14.3. The van der Waals surface area contributed by atoms with E-state index in [0.29, 0.717) is 10.6 Å². The third kappa shape index (κ3) is 4.32. The fraction of sp³-hybridized carbons (Fsp3) is 0.389. The molecule has 1 aromatic heterocycles. The summed E-state index contributed by atoms with van der Waals surface area (Å²) in [5.74, 6) is 0. The van der Waals surface area contributed by atoms with Gasteiger partial charge in [-0.15, -0.1) is 0 Å². The monoisotopic (exact) mass is 369 g/mol. The van der Waals surface area contributed by atoms with E-state index in [1.165, 1.54) is 12.1 Å². The van der Waals surface area contributed by atoms with Crippen molar-refractivity contribution >= 4 is 11.6 Å². The number of nitrogens with one attached hydrogen (secondary N) is 1. The van der Waals surface area contributed by atoms with Crippen molar-refractivity contribution in [1.82, 2.24) is 15.2 Å². The lowest BCUT2D eigenvalue weighted by atomic mass is 9.95. The summed E-state index contributed by atoms with van der Waals surface area (Å²) < 4.78 is 39.6. The molecule has 134 valence electrons. The van der Waals surface area contributed by atoms with Crippen LogP contribution < -0.4 is 5.32 Å². The lowest BCUT2D eigenvalue weighted by molar-refractivity contribution is -0.137. The zero-order chi connectivity index (χ0) is 17.9. The highest BCUT2D eigenvalue weighted by molar-refractivity contribution is 6.31. The minimum absolute atomic E-state index is 0.335. The van der Waals surface area contributed by atoms with Gasteiger partial charge in [0.15, 0.2) is 0 Å². The molecular formula is C18H19ClF3N3. The van der Waals surface area contributed by atoms with Gasteiger partial charge in [-0.2, -0.15) is 13.2 Å². The smallest absolute Gasteiger partial charge is 0.315 e. The Morgan fingerprint density at radius 3 is 2.56 bits per heavy atom. The number of pyridine rings is 1. The predicted octanol–water partition coefficient (Wildman–Crippen LogP) is 4.14. The SMILES string of the molecule is FC(F)(F)c1ccc(Cl)c(C(c2ccncc2)N2CCCNCC2)c1. The van der Waals surface area contributed by atoms with E-state index in [-0.39, 0.29) is 6.04 Å². The minimum Gasteiger partial charge on any atom is -0.315 e. The minimum atomic E-state index is -4.40. The fourth-order valence-electron chi connectivity index (χ4n) is 3.19. The second-order valence-corrected chi connectivity index (χ2v) is 6.46. The zero-order valence-electron chi connectivity index (χ0n) is 13.6. The van der Waals surface area contributed by atoms with E-state index >= 15 is 0 Å². The first-order valence-electron chi connectivity index (χ1n) is 8.18. The highest BCUT2D eigenvalue weighted by Gasteiger charge is 2.33. The number of hydrogen-bond acceptors (Lipinski definition) is 3. The van der Waals surface area contributed by atoms with Gasteiger partial charge in [0.1, 0.15) is 0 Å². The summed E-state index contributed by atoms with van der Waals surface area (Å²) in [5.41, 5.74) is 0.682. The molecule has 0 bridgehead atoms. The molecule has 1 N–H and O–H groups in total. The van der Waals surface area contributed by atoms with Crippen LogP contribution in [0.2, 0.25) is 5.02 Å². The molecule has 0 spiro atoms. The summed E-state index contributed by atoms with van der Waals surface area (Å²) in [6.45, 7) is 3.21. The maximum Gasteiger partial charge on any atom is 0.416 e. The molecule has 0 aliphatic carbocycles. The molecule has 1 fully saturated rings. The molecule has 1 unspecified atom stereocenters. The number of aromatic nitrogens is 1. The second-order valence-electron chi connectivity index (χ2n) is 6.06. The first-order chi connectivity index (χ1) is 12.0. The molecule has 1 saturated heterocycles. The van der Waals surface area contributed by atoms with E-state index in [9.17, 15) is 13.2 Å². The summed E-state index contributed by atoms with van der Waals surface area (Å²) in [5, 5.41) is 3.66. The average Bonchev–Trinajstić information content (AvgIpc) is 2.86. The number of alkyl halides is 3. The summed E-state index contributed by atoms with van der Waals surface area (Å²) in [7, 11) is 0. The third-order valence-electron chi connectivity index (χ3n) is 4.38. The van der Waals surface area contributed by atoms with Gasteiger partial charge in [0.2, 0.25) is 0 Å². The van der Waals surface area contributed by atoms with Crippen molar-refractivity contribution in [1.29, 1.82) is 0 Å². The van der Waals surface area contributed by atoms with Crippen molar-refractivity contribution in [3.8, 4) is 0 Å². The van der Waals surface area contributed by atoms with E-state index in [2.05, 4.69) is 15.2 Å². The van der Waals surface area contributed by atoms with Gasteiger partial charge < -0.3 is 5.32 Å². The molecule has 2 aromatic rings. The maximum atomic E-state index is 13.2. The second kappa shape index (κ2) is 7.72. The highest BCUT2D eigenvalue weighted by Crippen LogP contribution is 2.38. The van der Waals surface area contributed by atoms with E-state index in [4.69, 9.17) is 11.6 Å². The Balaban J connectivity index is 2.08. The molecule has 3 nitrogen and oxygen atoms in total. The Kier molecular flexibility index (Phi) is 5.61. The van der Waals surface area contributed by atoms with Crippen molar-refractivity contribution in [3.63, 3.8) is 0 Å². The number of rotatable bonds is 3. The number of hydrogen-bond donors (Lipinski definition) is 1.